The van der Waals surface area contributed by atoms with Gasteiger partial charge < -0.3 is 14.9 Å². The molecule has 1 amide bonds. The number of aryl methyl sites for hydroxylation is 1. The highest BCUT2D eigenvalue weighted by Crippen LogP contribution is 2.34. The molecule has 4 rings (SSSR count). The minimum atomic E-state index is -4.55. The fourth-order valence-corrected chi connectivity index (χ4v) is 3.88. The maximum Gasteiger partial charge on any atom is 0.416 e. The number of hydrogen-bond acceptors (Lipinski definition) is 9. The smallest absolute Gasteiger partial charge is 0.416 e. The van der Waals surface area contributed by atoms with Gasteiger partial charge in [-0.3, -0.25) is 15.1 Å². The molecule has 0 bridgehead atoms. The number of rotatable bonds is 7. The predicted octanol–water partition coefficient (Wildman–Crippen LogP) is 3.34. The Morgan fingerprint density at radius 2 is 2.06 bits per heavy atom. The van der Waals surface area contributed by atoms with E-state index in [9.17, 15) is 23.1 Å². The summed E-state index contributed by atoms with van der Waals surface area (Å²) < 4.78 is 44.1. The zero-order valence-corrected chi connectivity index (χ0v) is 19.6. The van der Waals surface area contributed by atoms with Crippen molar-refractivity contribution in [2.24, 2.45) is 4.99 Å². The number of aromatic nitrogens is 4. The van der Waals surface area contributed by atoms with Crippen molar-refractivity contribution in [2.75, 3.05) is 5.32 Å². The molecule has 0 spiro atoms. The van der Waals surface area contributed by atoms with E-state index in [4.69, 9.17) is 4.52 Å². The maximum absolute atomic E-state index is 13.1. The number of H-pyrrole nitrogens is 1. The van der Waals surface area contributed by atoms with Gasteiger partial charge in [0.1, 0.15) is 11.3 Å². The number of nitrogens with zero attached hydrogens (tertiary/aromatic N) is 4. The predicted molar refractivity (Wildman–Crippen MR) is 121 cm³/mol. The zero-order valence-electron chi connectivity index (χ0n) is 18.8. The number of nitrogens with one attached hydrogen (secondary N) is 3. The first-order valence-corrected chi connectivity index (χ1v) is 11.2. The SMILES string of the molecule is Cc1ccc(N=C([O-])c2cnc([C@@H](C)NC(=O)c3cc(Nc4ccon4)[nH+]cn3)s2)cc1C(F)(F)F. The average Bonchev–Trinajstić information content (AvgIpc) is 3.52. The van der Waals surface area contributed by atoms with Crippen LogP contribution in [0.1, 0.15) is 44.5 Å². The number of carbonyl (C=O) groups is 1. The second kappa shape index (κ2) is 10.1. The highest BCUT2D eigenvalue weighted by Gasteiger charge is 2.32. The Labute approximate surface area is 206 Å². The molecular formula is C22H18F3N7O3S. The molecule has 1 aromatic carbocycles. The summed E-state index contributed by atoms with van der Waals surface area (Å²) in [6, 6.07) is 5.91. The van der Waals surface area contributed by atoms with Crippen LogP contribution in [0.3, 0.4) is 0 Å². The van der Waals surface area contributed by atoms with Crippen LogP contribution in [0.4, 0.5) is 30.5 Å². The van der Waals surface area contributed by atoms with Gasteiger partial charge in [0.2, 0.25) is 23.7 Å². The van der Waals surface area contributed by atoms with Crippen LogP contribution >= 0.6 is 11.3 Å². The molecule has 4 aromatic rings. The van der Waals surface area contributed by atoms with Crippen molar-refractivity contribution in [3.63, 3.8) is 0 Å². The van der Waals surface area contributed by atoms with E-state index in [1.54, 1.807) is 13.0 Å². The Hall–Kier alpha value is -4.33. The molecule has 3 N–H and O–H groups in total. The molecule has 14 heteroatoms. The normalized spacial score (nSPS) is 12.9. The Morgan fingerprint density at radius 1 is 1.25 bits per heavy atom. The van der Waals surface area contributed by atoms with E-state index < -0.39 is 29.6 Å². The first-order chi connectivity index (χ1) is 17.1. The van der Waals surface area contributed by atoms with Gasteiger partial charge in [-0.15, -0.1) is 16.3 Å². The second-order valence-electron chi connectivity index (χ2n) is 7.53. The van der Waals surface area contributed by atoms with Gasteiger partial charge in [-0.1, -0.05) is 6.07 Å². The van der Waals surface area contributed by atoms with Crippen molar-refractivity contribution >= 4 is 40.5 Å². The third kappa shape index (κ3) is 5.83. The number of amides is 1. The van der Waals surface area contributed by atoms with E-state index in [1.807, 2.05) is 0 Å². The van der Waals surface area contributed by atoms with Crippen molar-refractivity contribution in [3.05, 3.63) is 75.8 Å². The third-order valence-corrected chi connectivity index (χ3v) is 6.02. The number of aliphatic imine (C=N–C) groups is 1. The summed E-state index contributed by atoms with van der Waals surface area (Å²) in [5, 5.41) is 22.3. The molecule has 0 saturated carbocycles. The van der Waals surface area contributed by atoms with E-state index in [1.165, 1.54) is 43.9 Å². The molecule has 0 fully saturated rings. The van der Waals surface area contributed by atoms with E-state index in [2.05, 4.69) is 35.7 Å². The lowest BCUT2D eigenvalue weighted by Gasteiger charge is -2.12. The van der Waals surface area contributed by atoms with E-state index in [-0.39, 0.29) is 21.8 Å². The lowest BCUT2D eigenvalue weighted by Crippen LogP contribution is -2.28. The van der Waals surface area contributed by atoms with Crippen LogP contribution in [-0.2, 0) is 6.18 Å². The Bertz CT molecular complexity index is 1400. The standard InChI is InChI=1S/C22H18F3N7O3S/c1-11-3-4-13(7-14(11)22(23,24)25)30-20(34)16-9-26-21(36-16)12(2)29-19(33)15-8-18(28-10-27-15)31-17-5-6-35-32-17/h3-10,12H,1-2H3,(H,29,33)(H,30,34)(H,27,28,31,32)/t12-/m1/s1. The first kappa shape index (κ1) is 24.8. The maximum atomic E-state index is 13.1. The largest absolute Gasteiger partial charge is 0.858 e. The molecule has 0 aliphatic carbocycles. The van der Waals surface area contributed by atoms with Crippen molar-refractivity contribution in [1.29, 1.82) is 0 Å². The van der Waals surface area contributed by atoms with Crippen LogP contribution in [-0.4, -0.2) is 26.9 Å². The van der Waals surface area contributed by atoms with Crippen LogP contribution in [0.25, 0.3) is 0 Å². The molecule has 0 saturated heterocycles. The average molecular weight is 517 g/mol. The Kier molecular flexibility index (Phi) is 6.96. The quantitative estimate of drug-likeness (QED) is 0.283. The molecule has 10 nitrogen and oxygen atoms in total. The number of benzene rings is 1. The summed E-state index contributed by atoms with van der Waals surface area (Å²) in [7, 11) is 0. The van der Waals surface area contributed by atoms with E-state index in [0.29, 0.717) is 16.6 Å². The molecule has 3 heterocycles. The molecule has 0 unspecified atom stereocenters. The lowest BCUT2D eigenvalue weighted by atomic mass is 10.1. The summed E-state index contributed by atoms with van der Waals surface area (Å²) in [6.07, 6.45) is -0.565. The number of carbonyl (C=O) groups excluding carboxylic acids is 1. The number of halogens is 3. The molecule has 36 heavy (non-hydrogen) atoms. The zero-order chi connectivity index (χ0) is 25.9. The van der Waals surface area contributed by atoms with Crippen LogP contribution in [0.15, 0.2) is 58.6 Å². The van der Waals surface area contributed by atoms with Crippen LogP contribution < -0.4 is 20.7 Å². The fraction of sp³-hybridized carbons (Fsp3) is 0.182. The minimum absolute atomic E-state index is 0.0328. The van der Waals surface area contributed by atoms with Gasteiger partial charge in [0.15, 0.2) is 0 Å². The van der Waals surface area contributed by atoms with Gasteiger partial charge in [-0.05, 0) is 36.7 Å². The number of aromatic amines is 1. The van der Waals surface area contributed by atoms with Crippen LogP contribution in [0.2, 0.25) is 0 Å². The topological polar surface area (TPSA) is 142 Å². The summed E-state index contributed by atoms with van der Waals surface area (Å²) in [6.45, 7) is 3.00. The number of hydrogen-bond donors (Lipinski definition) is 2. The van der Waals surface area contributed by atoms with Crippen molar-refractivity contribution in [3.8, 4) is 0 Å². The Balaban J connectivity index is 1.45. The number of thiazole rings is 1. The van der Waals surface area contributed by atoms with Gasteiger partial charge >= 0.3 is 6.18 Å². The third-order valence-electron chi connectivity index (χ3n) is 4.85. The molecule has 0 aliphatic rings. The van der Waals surface area contributed by atoms with Crippen molar-refractivity contribution < 1.29 is 32.6 Å². The van der Waals surface area contributed by atoms with Crippen molar-refractivity contribution in [2.45, 2.75) is 26.1 Å². The highest BCUT2D eigenvalue weighted by atomic mass is 32.1. The molecule has 1 atom stereocenters. The van der Waals surface area contributed by atoms with Crippen molar-refractivity contribution in [1.82, 2.24) is 20.4 Å². The van der Waals surface area contributed by atoms with Gasteiger partial charge in [0.05, 0.1) is 28.2 Å². The second-order valence-corrected chi connectivity index (χ2v) is 8.59. The van der Waals surface area contributed by atoms with Crippen LogP contribution in [0.5, 0.6) is 0 Å². The van der Waals surface area contributed by atoms with Gasteiger partial charge in [-0.2, -0.15) is 13.2 Å². The molecule has 3 aromatic heterocycles. The molecule has 0 aliphatic heterocycles. The van der Waals surface area contributed by atoms with Crippen LogP contribution in [0, 0.1) is 6.92 Å². The fourth-order valence-electron chi connectivity index (χ4n) is 3.07. The number of alkyl halides is 3. The van der Waals surface area contributed by atoms with Gasteiger partial charge in [-0.25, -0.2) is 9.97 Å². The molecule has 186 valence electrons. The first-order valence-electron chi connectivity index (χ1n) is 10.4. The van der Waals surface area contributed by atoms with Gasteiger partial charge in [0, 0.05) is 18.2 Å². The Morgan fingerprint density at radius 3 is 2.78 bits per heavy atom. The van der Waals surface area contributed by atoms with Gasteiger partial charge in [0.25, 0.3) is 5.91 Å². The van der Waals surface area contributed by atoms with E-state index in [0.717, 1.165) is 17.4 Å². The molecular weight excluding hydrogens is 499 g/mol. The van der Waals surface area contributed by atoms with E-state index >= 15 is 0 Å². The summed E-state index contributed by atoms with van der Waals surface area (Å²) in [4.78, 5) is 27.5. The summed E-state index contributed by atoms with van der Waals surface area (Å²) in [5.74, 6) is -0.349. The highest BCUT2D eigenvalue weighted by molar-refractivity contribution is 7.13. The lowest BCUT2D eigenvalue weighted by molar-refractivity contribution is -0.365. The monoisotopic (exact) mass is 517 g/mol. The summed E-state index contributed by atoms with van der Waals surface area (Å²) >= 11 is 0.975. The molecule has 0 radical (unpaired) electrons. The summed E-state index contributed by atoms with van der Waals surface area (Å²) in [5.41, 5.74) is -0.833. The number of anilines is 2. The minimum Gasteiger partial charge on any atom is -0.858 e.